The average molecular weight is 282 g/mol. The fourth-order valence-corrected chi connectivity index (χ4v) is 3.36. The van der Waals surface area contributed by atoms with E-state index in [9.17, 15) is 9.90 Å². The van der Waals surface area contributed by atoms with Gasteiger partial charge in [-0.15, -0.1) is 11.3 Å². The molecule has 2 fully saturated rings. The minimum atomic E-state index is -1.26. The number of aromatic nitrogens is 1. The summed E-state index contributed by atoms with van der Waals surface area (Å²) in [7, 11) is 0. The molecule has 6 nitrogen and oxygen atoms in total. The van der Waals surface area contributed by atoms with Crippen LogP contribution < -0.4 is 16.0 Å². The Morgan fingerprint density at radius 2 is 2.16 bits per heavy atom. The van der Waals surface area contributed by atoms with Crippen LogP contribution in [0.5, 0.6) is 0 Å². The van der Waals surface area contributed by atoms with Gasteiger partial charge in [0.1, 0.15) is 0 Å². The van der Waals surface area contributed by atoms with Crippen molar-refractivity contribution in [3.05, 3.63) is 11.1 Å². The number of carbonyl (C=O) groups is 1. The van der Waals surface area contributed by atoms with Crippen molar-refractivity contribution in [2.24, 2.45) is 0 Å². The van der Waals surface area contributed by atoms with Gasteiger partial charge >= 0.3 is 0 Å². The number of nitrogens with zero attached hydrogens (tertiary/aromatic N) is 1. The molecular weight excluding hydrogens is 264 g/mol. The van der Waals surface area contributed by atoms with Crippen molar-refractivity contribution < 1.29 is 9.90 Å². The Hall–Kier alpha value is -1.02. The van der Waals surface area contributed by atoms with Gasteiger partial charge in [-0.3, -0.25) is 10.1 Å². The largest absolute Gasteiger partial charge is 0.377 e. The summed E-state index contributed by atoms with van der Waals surface area (Å²) in [5.74, 6) is 0.176. The monoisotopic (exact) mass is 282 g/mol. The number of β-amino-alcohol motifs (C(OH)–C–C–N with tert-alkyl or cyclic N) is 1. The number of piperidine rings is 1. The highest BCUT2D eigenvalue weighted by molar-refractivity contribution is 7.15. The summed E-state index contributed by atoms with van der Waals surface area (Å²) < 4.78 is 0. The quantitative estimate of drug-likeness (QED) is 0.621. The number of hydrogen-bond acceptors (Lipinski definition) is 6. The highest BCUT2D eigenvalue weighted by Crippen LogP contribution is 2.32. The molecule has 0 spiro atoms. The zero-order valence-corrected chi connectivity index (χ0v) is 11.4. The Labute approximate surface area is 115 Å². The first-order chi connectivity index (χ1) is 9.17. The van der Waals surface area contributed by atoms with Crippen molar-refractivity contribution >= 4 is 22.4 Å². The number of hydrogen-bond donors (Lipinski definition) is 4. The number of carbonyl (C=O) groups excluding carboxylic acids is 1. The van der Waals surface area contributed by atoms with Crippen molar-refractivity contribution in [3.63, 3.8) is 0 Å². The minimum absolute atomic E-state index is 0.311. The molecule has 2 saturated heterocycles. The summed E-state index contributed by atoms with van der Waals surface area (Å²) in [5.41, 5.74) is -1.26. The Balaban J connectivity index is 1.62. The lowest BCUT2D eigenvalue weighted by Gasteiger charge is -2.35. The van der Waals surface area contributed by atoms with Crippen LogP contribution in [0.25, 0.3) is 0 Å². The van der Waals surface area contributed by atoms with Gasteiger partial charge < -0.3 is 15.7 Å². The predicted octanol–water partition coefficient (Wildman–Crippen LogP) is -0.117. The Morgan fingerprint density at radius 1 is 1.42 bits per heavy atom. The summed E-state index contributed by atoms with van der Waals surface area (Å²) in [6, 6.07) is 0. The maximum absolute atomic E-state index is 11.9. The SMILES string of the molecule is O=C(Nc1ncc(C2CCNCC2)s1)C1(O)CNC1. The molecule has 4 N–H and O–H groups in total. The molecule has 0 unspecified atom stereocenters. The summed E-state index contributed by atoms with van der Waals surface area (Å²) in [6.07, 6.45) is 4.08. The second-order valence-electron chi connectivity index (χ2n) is 5.18. The highest BCUT2D eigenvalue weighted by atomic mass is 32.1. The van der Waals surface area contributed by atoms with Crippen LogP contribution in [-0.4, -0.2) is 47.8 Å². The summed E-state index contributed by atoms with van der Waals surface area (Å²) >= 11 is 1.52. The van der Waals surface area contributed by atoms with Gasteiger partial charge in [0, 0.05) is 24.2 Å². The molecule has 1 aromatic heterocycles. The van der Waals surface area contributed by atoms with Gasteiger partial charge in [-0.1, -0.05) is 0 Å². The Morgan fingerprint density at radius 3 is 2.79 bits per heavy atom. The number of thiazole rings is 1. The number of aliphatic hydroxyl groups is 1. The van der Waals surface area contributed by atoms with Crippen molar-refractivity contribution in [1.29, 1.82) is 0 Å². The standard InChI is InChI=1S/C12H18N4O2S/c17-10(12(18)6-14-7-12)16-11-15-5-9(19-11)8-1-3-13-4-2-8/h5,8,13-14,18H,1-4,6-7H2,(H,15,16,17). The molecule has 3 heterocycles. The molecule has 0 saturated carbocycles. The zero-order valence-electron chi connectivity index (χ0n) is 10.6. The lowest BCUT2D eigenvalue weighted by atomic mass is 9.96. The highest BCUT2D eigenvalue weighted by Gasteiger charge is 2.42. The van der Waals surface area contributed by atoms with Crippen LogP contribution in [-0.2, 0) is 4.79 Å². The molecule has 0 aromatic carbocycles. The fourth-order valence-electron chi connectivity index (χ4n) is 2.38. The van der Waals surface area contributed by atoms with E-state index in [1.165, 1.54) is 16.2 Å². The topological polar surface area (TPSA) is 86.3 Å². The molecule has 2 aliphatic rings. The van der Waals surface area contributed by atoms with Crippen molar-refractivity contribution in [1.82, 2.24) is 15.6 Å². The summed E-state index contributed by atoms with van der Waals surface area (Å²) in [4.78, 5) is 17.3. The zero-order chi connectivity index (χ0) is 13.3. The first-order valence-electron chi connectivity index (χ1n) is 6.58. The third-order valence-electron chi connectivity index (χ3n) is 3.74. The van der Waals surface area contributed by atoms with Gasteiger partial charge in [0.15, 0.2) is 10.7 Å². The molecule has 0 radical (unpaired) electrons. The summed E-state index contributed by atoms with van der Waals surface area (Å²) in [6.45, 7) is 2.70. The minimum Gasteiger partial charge on any atom is -0.377 e. The fraction of sp³-hybridized carbons (Fsp3) is 0.667. The van der Waals surface area contributed by atoms with E-state index in [2.05, 4.69) is 20.9 Å². The Kier molecular flexibility index (Phi) is 3.53. The van der Waals surface area contributed by atoms with Gasteiger partial charge in [0.25, 0.3) is 5.91 Å². The molecule has 1 amide bonds. The van der Waals surface area contributed by atoms with Crippen LogP contribution in [0.4, 0.5) is 5.13 Å². The first kappa shape index (κ1) is 13.0. The van der Waals surface area contributed by atoms with Crippen LogP contribution in [0.1, 0.15) is 23.6 Å². The molecule has 7 heteroatoms. The third-order valence-corrected chi connectivity index (χ3v) is 4.82. The normalized spacial score (nSPS) is 22.8. The number of rotatable bonds is 3. The molecule has 104 valence electrons. The second-order valence-corrected chi connectivity index (χ2v) is 6.24. The van der Waals surface area contributed by atoms with E-state index in [0.717, 1.165) is 25.9 Å². The van der Waals surface area contributed by atoms with Gasteiger partial charge in [0.2, 0.25) is 0 Å². The van der Waals surface area contributed by atoms with Gasteiger partial charge in [0.05, 0.1) is 0 Å². The van der Waals surface area contributed by atoms with E-state index in [4.69, 9.17) is 0 Å². The summed E-state index contributed by atoms with van der Waals surface area (Å²) in [5, 5.41) is 19.4. The van der Waals surface area contributed by atoms with E-state index >= 15 is 0 Å². The molecular formula is C12H18N4O2S. The second kappa shape index (κ2) is 5.16. The lowest BCUT2D eigenvalue weighted by Crippen LogP contribution is -2.65. The molecule has 0 bridgehead atoms. The Bertz CT molecular complexity index is 466. The molecule has 19 heavy (non-hydrogen) atoms. The van der Waals surface area contributed by atoms with Crippen LogP contribution in [0.15, 0.2) is 6.20 Å². The van der Waals surface area contributed by atoms with E-state index in [0.29, 0.717) is 24.1 Å². The van der Waals surface area contributed by atoms with Crippen LogP contribution in [0.2, 0.25) is 0 Å². The number of nitrogens with one attached hydrogen (secondary N) is 3. The molecule has 2 aliphatic heterocycles. The van der Waals surface area contributed by atoms with Crippen LogP contribution in [0.3, 0.4) is 0 Å². The number of amides is 1. The average Bonchev–Trinajstić information content (AvgIpc) is 2.85. The van der Waals surface area contributed by atoms with Crippen LogP contribution in [0, 0.1) is 0 Å². The van der Waals surface area contributed by atoms with Gasteiger partial charge in [-0.2, -0.15) is 0 Å². The van der Waals surface area contributed by atoms with E-state index in [1.54, 1.807) is 0 Å². The molecule has 0 aliphatic carbocycles. The van der Waals surface area contributed by atoms with Crippen LogP contribution >= 0.6 is 11.3 Å². The molecule has 3 rings (SSSR count). The lowest BCUT2D eigenvalue weighted by molar-refractivity contribution is -0.138. The van der Waals surface area contributed by atoms with E-state index < -0.39 is 5.60 Å². The van der Waals surface area contributed by atoms with Gasteiger partial charge in [-0.05, 0) is 31.8 Å². The molecule has 1 aromatic rings. The smallest absolute Gasteiger partial charge is 0.260 e. The van der Waals surface area contributed by atoms with Crippen molar-refractivity contribution in [2.45, 2.75) is 24.4 Å². The first-order valence-corrected chi connectivity index (χ1v) is 7.40. The third kappa shape index (κ3) is 2.64. The maximum atomic E-state index is 11.9. The van der Waals surface area contributed by atoms with E-state index in [1.807, 2.05) is 6.20 Å². The maximum Gasteiger partial charge on any atom is 0.260 e. The van der Waals surface area contributed by atoms with Crippen molar-refractivity contribution in [3.8, 4) is 0 Å². The number of anilines is 1. The molecule has 0 atom stereocenters. The van der Waals surface area contributed by atoms with Gasteiger partial charge in [-0.25, -0.2) is 4.98 Å². The predicted molar refractivity (Wildman–Crippen MR) is 73.4 cm³/mol. The van der Waals surface area contributed by atoms with Crippen molar-refractivity contribution in [2.75, 3.05) is 31.5 Å². The van der Waals surface area contributed by atoms with E-state index in [-0.39, 0.29) is 5.91 Å².